The third-order valence-corrected chi connectivity index (χ3v) is 1.85. The molecular weight excluding hydrogens is 237 g/mol. The Kier molecular flexibility index (Phi) is 3.58. The summed E-state index contributed by atoms with van der Waals surface area (Å²) in [6.07, 6.45) is -4.96. The lowest BCUT2D eigenvalue weighted by Gasteiger charge is -2.10. The van der Waals surface area contributed by atoms with Gasteiger partial charge >= 0.3 is 6.36 Å². The second kappa shape index (κ2) is 4.74. The number of alkyl halides is 3. The van der Waals surface area contributed by atoms with Crippen molar-refractivity contribution in [2.75, 3.05) is 0 Å². The number of hydrogen-bond acceptors (Lipinski definition) is 3. The molecule has 1 amide bonds. The second-order valence-corrected chi connectivity index (χ2v) is 3.07. The maximum Gasteiger partial charge on any atom is 0.573 e. The molecule has 0 aliphatic carbocycles. The summed E-state index contributed by atoms with van der Waals surface area (Å²) in [4.78, 5) is 11.0. The number of hydrogen-bond donors (Lipinski definition) is 1. The van der Waals surface area contributed by atoms with Crippen molar-refractivity contribution < 1.29 is 22.7 Å². The van der Waals surface area contributed by atoms with Gasteiger partial charge in [0.05, 0.1) is 12.5 Å². The van der Waals surface area contributed by atoms with Gasteiger partial charge in [0, 0.05) is 5.56 Å². The van der Waals surface area contributed by atoms with Crippen LogP contribution in [-0.2, 0) is 6.42 Å². The highest BCUT2D eigenvalue weighted by Crippen LogP contribution is 2.25. The van der Waals surface area contributed by atoms with Crippen molar-refractivity contribution in [2.24, 2.45) is 5.73 Å². The first-order chi connectivity index (χ1) is 7.83. The van der Waals surface area contributed by atoms with Gasteiger partial charge in [-0.05, 0) is 17.7 Å². The molecule has 0 unspecified atom stereocenters. The van der Waals surface area contributed by atoms with Crippen LogP contribution in [0.15, 0.2) is 18.2 Å². The van der Waals surface area contributed by atoms with Crippen LogP contribution in [0.5, 0.6) is 5.75 Å². The summed E-state index contributed by atoms with van der Waals surface area (Å²) in [5, 5.41) is 8.47. The van der Waals surface area contributed by atoms with Crippen LogP contribution in [0.25, 0.3) is 0 Å². The van der Waals surface area contributed by atoms with Crippen molar-refractivity contribution in [1.29, 1.82) is 5.26 Å². The van der Waals surface area contributed by atoms with Crippen LogP contribution in [0.1, 0.15) is 15.9 Å². The molecule has 0 aromatic heterocycles. The van der Waals surface area contributed by atoms with Crippen LogP contribution >= 0.6 is 0 Å². The van der Waals surface area contributed by atoms with E-state index >= 15 is 0 Å². The number of nitrogens with two attached hydrogens (primary N) is 1. The van der Waals surface area contributed by atoms with Crippen LogP contribution < -0.4 is 10.5 Å². The van der Waals surface area contributed by atoms with Gasteiger partial charge in [0.2, 0.25) is 5.91 Å². The van der Waals surface area contributed by atoms with Crippen molar-refractivity contribution in [1.82, 2.24) is 0 Å². The van der Waals surface area contributed by atoms with E-state index < -0.39 is 18.0 Å². The van der Waals surface area contributed by atoms with Crippen molar-refractivity contribution in [3.05, 3.63) is 29.3 Å². The molecule has 17 heavy (non-hydrogen) atoms. The molecule has 0 saturated carbocycles. The maximum atomic E-state index is 11.9. The molecule has 0 spiro atoms. The van der Waals surface area contributed by atoms with E-state index in [0.29, 0.717) is 0 Å². The minimum atomic E-state index is -4.84. The second-order valence-electron chi connectivity index (χ2n) is 3.07. The Balaban J connectivity index is 3.11. The highest BCUT2D eigenvalue weighted by molar-refractivity contribution is 5.94. The highest BCUT2D eigenvalue weighted by Gasteiger charge is 2.31. The van der Waals surface area contributed by atoms with E-state index in [2.05, 4.69) is 4.74 Å². The Morgan fingerprint density at radius 3 is 2.59 bits per heavy atom. The number of nitriles is 1. The largest absolute Gasteiger partial charge is 0.573 e. The standard InChI is InChI=1S/C10H7F3N2O2/c11-10(12,13)17-7-2-1-6(3-4-14)8(5-7)9(15)16/h1-2,5H,3H2,(H2,15,16). The molecule has 0 heterocycles. The van der Waals surface area contributed by atoms with E-state index in [-0.39, 0.29) is 17.5 Å². The van der Waals surface area contributed by atoms with Gasteiger partial charge in [0.25, 0.3) is 0 Å². The summed E-state index contributed by atoms with van der Waals surface area (Å²) in [6, 6.07) is 4.86. The molecular formula is C10H7F3N2O2. The van der Waals surface area contributed by atoms with Crippen molar-refractivity contribution in [3.63, 3.8) is 0 Å². The summed E-state index contributed by atoms with van der Waals surface area (Å²) in [7, 11) is 0. The average molecular weight is 244 g/mol. The van der Waals surface area contributed by atoms with Gasteiger partial charge in [0.15, 0.2) is 0 Å². The number of rotatable bonds is 3. The number of nitrogens with zero attached hydrogens (tertiary/aromatic N) is 1. The first-order valence-electron chi connectivity index (χ1n) is 4.39. The highest BCUT2D eigenvalue weighted by atomic mass is 19.4. The molecule has 0 fully saturated rings. The van der Waals surface area contributed by atoms with Crippen LogP contribution in [0, 0.1) is 11.3 Å². The Hall–Kier alpha value is -2.23. The monoisotopic (exact) mass is 244 g/mol. The molecule has 0 aliphatic heterocycles. The lowest BCUT2D eigenvalue weighted by Crippen LogP contribution is -2.19. The number of ether oxygens (including phenoxy) is 1. The van der Waals surface area contributed by atoms with E-state index in [1.807, 2.05) is 0 Å². The number of primary amides is 1. The number of amides is 1. The van der Waals surface area contributed by atoms with Gasteiger partial charge in [-0.25, -0.2) is 0 Å². The van der Waals surface area contributed by atoms with Gasteiger partial charge in [-0.1, -0.05) is 6.07 Å². The minimum absolute atomic E-state index is 0.120. The zero-order valence-corrected chi connectivity index (χ0v) is 8.41. The fraction of sp³-hybridized carbons (Fsp3) is 0.200. The SMILES string of the molecule is N#CCc1ccc(OC(F)(F)F)cc1C(N)=O. The molecule has 1 aromatic rings. The Bertz CT molecular complexity index is 477. The number of halogens is 3. The molecule has 0 aliphatic rings. The third-order valence-electron chi connectivity index (χ3n) is 1.85. The fourth-order valence-corrected chi connectivity index (χ4v) is 1.22. The van der Waals surface area contributed by atoms with Crippen LogP contribution in [0.2, 0.25) is 0 Å². The summed E-state index contributed by atoms with van der Waals surface area (Å²) in [6.45, 7) is 0. The van der Waals surface area contributed by atoms with Crippen LogP contribution in [0.4, 0.5) is 13.2 Å². The van der Waals surface area contributed by atoms with E-state index in [1.165, 1.54) is 6.07 Å². The summed E-state index contributed by atoms with van der Waals surface area (Å²) < 4.78 is 39.4. The Labute approximate surface area is 94.4 Å². The Morgan fingerprint density at radius 2 is 2.12 bits per heavy atom. The maximum absolute atomic E-state index is 11.9. The van der Waals surface area contributed by atoms with Gasteiger partial charge in [-0.2, -0.15) is 5.26 Å². The normalized spacial score (nSPS) is 10.7. The molecule has 0 saturated heterocycles. The first kappa shape index (κ1) is 12.8. The van der Waals surface area contributed by atoms with Gasteiger partial charge in [-0.3, -0.25) is 4.79 Å². The fourth-order valence-electron chi connectivity index (χ4n) is 1.22. The number of carbonyl (C=O) groups excluding carboxylic acids is 1. The predicted molar refractivity (Wildman–Crippen MR) is 51.0 cm³/mol. The number of benzene rings is 1. The minimum Gasteiger partial charge on any atom is -0.406 e. The first-order valence-corrected chi connectivity index (χ1v) is 4.39. The molecule has 1 rings (SSSR count). The molecule has 7 heteroatoms. The van der Waals surface area contributed by atoms with E-state index in [4.69, 9.17) is 11.0 Å². The topological polar surface area (TPSA) is 76.1 Å². The van der Waals surface area contributed by atoms with Crippen molar-refractivity contribution in [3.8, 4) is 11.8 Å². The summed E-state index contributed by atoms with van der Waals surface area (Å²) >= 11 is 0. The smallest absolute Gasteiger partial charge is 0.406 e. The third kappa shape index (κ3) is 3.68. The average Bonchev–Trinajstić information content (AvgIpc) is 2.18. The molecule has 4 nitrogen and oxygen atoms in total. The molecule has 0 atom stereocenters. The van der Waals surface area contributed by atoms with E-state index in [9.17, 15) is 18.0 Å². The van der Waals surface area contributed by atoms with Crippen LogP contribution in [0.3, 0.4) is 0 Å². The zero-order valence-electron chi connectivity index (χ0n) is 8.41. The van der Waals surface area contributed by atoms with E-state index in [0.717, 1.165) is 12.1 Å². The molecule has 0 bridgehead atoms. The zero-order chi connectivity index (χ0) is 13.1. The number of carbonyl (C=O) groups is 1. The Morgan fingerprint density at radius 1 is 1.47 bits per heavy atom. The molecule has 0 radical (unpaired) electrons. The summed E-state index contributed by atoms with van der Waals surface area (Å²) in [5.41, 5.74) is 5.09. The van der Waals surface area contributed by atoms with Gasteiger partial charge in [0.1, 0.15) is 5.75 Å². The quantitative estimate of drug-likeness (QED) is 0.879. The summed E-state index contributed by atoms with van der Waals surface area (Å²) in [5.74, 6) is -1.46. The van der Waals surface area contributed by atoms with Crippen LogP contribution in [-0.4, -0.2) is 12.3 Å². The molecule has 2 N–H and O–H groups in total. The van der Waals surface area contributed by atoms with Gasteiger partial charge < -0.3 is 10.5 Å². The predicted octanol–water partition coefficient (Wildman–Crippen LogP) is 1.75. The lowest BCUT2D eigenvalue weighted by molar-refractivity contribution is -0.274. The molecule has 90 valence electrons. The lowest BCUT2D eigenvalue weighted by atomic mass is 10.0. The van der Waals surface area contributed by atoms with Crippen molar-refractivity contribution in [2.45, 2.75) is 12.8 Å². The van der Waals surface area contributed by atoms with E-state index in [1.54, 1.807) is 6.07 Å². The molecule has 1 aromatic carbocycles. The van der Waals surface area contributed by atoms with Crippen molar-refractivity contribution >= 4 is 5.91 Å². The van der Waals surface area contributed by atoms with Gasteiger partial charge in [-0.15, -0.1) is 13.2 Å².